The van der Waals surface area contributed by atoms with Gasteiger partial charge in [0.05, 0.1) is 39.9 Å². The van der Waals surface area contributed by atoms with Crippen molar-refractivity contribution in [2.75, 3.05) is 40.9 Å². The molecule has 0 bridgehead atoms. The van der Waals surface area contributed by atoms with Crippen molar-refractivity contribution in [3.05, 3.63) is 0 Å². The Morgan fingerprint density at radius 3 is 1.18 bits per heavy atom. The minimum absolute atomic E-state index is 0.0367. The zero-order chi connectivity index (χ0) is 44.4. The van der Waals surface area contributed by atoms with Gasteiger partial charge in [-0.05, 0) is 12.8 Å². The van der Waals surface area contributed by atoms with E-state index >= 15 is 0 Å². The van der Waals surface area contributed by atoms with Crippen molar-refractivity contribution in [1.29, 1.82) is 0 Å². The number of likely N-dealkylation sites (N-methyl/N-ethyl adjacent to an activating group) is 1. The van der Waals surface area contributed by atoms with Gasteiger partial charge < -0.3 is 34.0 Å². The van der Waals surface area contributed by atoms with Crippen molar-refractivity contribution in [1.82, 2.24) is 5.32 Å². The largest absolute Gasteiger partial charge is 0.756 e. The Labute approximate surface area is 372 Å². The monoisotopic (exact) mass is 875 g/mol. The summed E-state index contributed by atoms with van der Waals surface area (Å²) in [6.07, 6.45) is 44.3. The highest BCUT2D eigenvalue weighted by atomic mass is 31.2. The lowest BCUT2D eigenvalue weighted by atomic mass is 9.99. The second-order valence-corrected chi connectivity index (χ2v) is 20.8. The fourth-order valence-corrected chi connectivity index (χ4v) is 8.74. The number of nitrogens with zero attached hydrogens (tertiary/aromatic N) is 1. The highest BCUT2D eigenvalue weighted by Gasteiger charge is 2.29. The van der Waals surface area contributed by atoms with E-state index in [1.807, 2.05) is 21.1 Å². The summed E-state index contributed by atoms with van der Waals surface area (Å²) in [6, 6.07) is -1.07. The molecule has 0 fully saturated rings. The zero-order valence-corrected chi connectivity index (χ0v) is 41.4. The molecule has 4 unspecified atom stereocenters. The predicted molar refractivity (Wildman–Crippen MR) is 253 cm³/mol. The third kappa shape index (κ3) is 42.7. The molecule has 10 heteroatoms. The minimum atomic E-state index is -4.66. The van der Waals surface area contributed by atoms with Crippen LogP contribution in [0.25, 0.3) is 0 Å². The van der Waals surface area contributed by atoms with Crippen LogP contribution in [-0.4, -0.2) is 79.8 Å². The summed E-state index contributed by atoms with van der Waals surface area (Å²) < 4.78 is 23.2. The van der Waals surface area contributed by atoms with Crippen LogP contribution in [0, 0.1) is 0 Å². The van der Waals surface area contributed by atoms with Crippen LogP contribution in [0.15, 0.2) is 0 Å². The Hall–Kier alpha value is -0.540. The van der Waals surface area contributed by atoms with E-state index in [0.717, 1.165) is 38.5 Å². The maximum absolute atomic E-state index is 12.9. The van der Waals surface area contributed by atoms with Gasteiger partial charge >= 0.3 is 0 Å². The molecule has 0 aliphatic carbocycles. The number of carbonyl (C=O) groups is 1. The number of carbonyl (C=O) groups excluding carboxylic acids is 1. The number of hydrogen-bond acceptors (Lipinski definition) is 7. The maximum atomic E-state index is 12.9. The Bertz CT molecular complexity index is 965. The second-order valence-electron chi connectivity index (χ2n) is 19.4. The molecule has 1 amide bonds. The Morgan fingerprint density at radius 1 is 0.533 bits per heavy atom. The molecule has 0 saturated heterocycles. The first-order chi connectivity index (χ1) is 28.9. The summed E-state index contributed by atoms with van der Waals surface area (Å²) in [4.78, 5) is 25.4. The summed E-state index contributed by atoms with van der Waals surface area (Å²) >= 11 is 0. The predicted octanol–water partition coefficient (Wildman–Crippen LogP) is 13.3. The Balaban J connectivity index is 4.23. The van der Waals surface area contributed by atoms with Gasteiger partial charge in [-0.15, -0.1) is 0 Å². The van der Waals surface area contributed by atoms with Crippen molar-refractivity contribution in [3.8, 4) is 0 Å². The van der Waals surface area contributed by atoms with Gasteiger partial charge in [-0.2, -0.15) is 0 Å². The number of quaternary nitrogens is 1. The average Bonchev–Trinajstić information content (AvgIpc) is 3.20. The van der Waals surface area contributed by atoms with Gasteiger partial charge in [-0.1, -0.05) is 239 Å². The molecule has 4 atom stereocenters. The van der Waals surface area contributed by atoms with Crippen LogP contribution >= 0.6 is 7.82 Å². The smallest absolute Gasteiger partial charge is 0.268 e. The van der Waals surface area contributed by atoms with E-state index in [1.54, 1.807) is 0 Å². The van der Waals surface area contributed by atoms with Gasteiger partial charge in [-0.3, -0.25) is 9.36 Å². The molecule has 0 aromatic heterocycles. The van der Waals surface area contributed by atoms with Crippen molar-refractivity contribution in [2.24, 2.45) is 0 Å². The number of hydrogen-bond donors (Lipinski definition) is 3. The molecule has 0 rings (SSSR count). The quantitative estimate of drug-likeness (QED) is 0.0315. The van der Waals surface area contributed by atoms with Crippen LogP contribution in [0.2, 0.25) is 0 Å². The van der Waals surface area contributed by atoms with Crippen molar-refractivity contribution in [3.63, 3.8) is 0 Å². The lowest BCUT2D eigenvalue weighted by Gasteiger charge is -2.31. The van der Waals surface area contributed by atoms with Gasteiger partial charge in [-0.25, -0.2) is 0 Å². The third-order valence-electron chi connectivity index (χ3n) is 12.2. The first-order valence-electron chi connectivity index (χ1n) is 26.0. The number of rotatable bonds is 48. The first kappa shape index (κ1) is 59.5. The summed E-state index contributed by atoms with van der Waals surface area (Å²) in [5.41, 5.74) is 0. The van der Waals surface area contributed by atoms with Crippen molar-refractivity contribution in [2.45, 2.75) is 276 Å². The van der Waals surface area contributed by atoms with Crippen LogP contribution in [0.5, 0.6) is 0 Å². The van der Waals surface area contributed by atoms with Gasteiger partial charge in [0, 0.05) is 6.42 Å². The molecule has 0 saturated carbocycles. The number of amides is 1. The molecule has 60 heavy (non-hydrogen) atoms. The molecular formula is C50H103N2O7P. The third-order valence-corrected chi connectivity index (χ3v) is 13.2. The van der Waals surface area contributed by atoms with E-state index in [-0.39, 0.29) is 18.9 Å². The van der Waals surface area contributed by atoms with E-state index in [4.69, 9.17) is 9.05 Å². The molecular weight excluding hydrogens is 772 g/mol. The van der Waals surface area contributed by atoms with E-state index in [0.29, 0.717) is 17.4 Å². The fourth-order valence-electron chi connectivity index (χ4n) is 8.02. The van der Waals surface area contributed by atoms with E-state index in [2.05, 4.69) is 19.2 Å². The fraction of sp³-hybridized carbons (Fsp3) is 0.980. The van der Waals surface area contributed by atoms with Gasteiger partial charge in [0.25, 0.3) is 7.82 Å². The van der Waals surface area contributed by atoms with Crippen LogP contribution in [-0.2, 0) is 18.4 Å². The number of nitrogens with one attached hydrogen (secondary N) is 1. The van der Waals surface area contributed by atoms with Crippen LogP contribution in [0.4, 0.5) is 0 Å². The lowest BCUT2D eigenvalue weighted by Crippen LogP contribution is -2.51. The summed E-state index contributed by atoms with van der Waals surface area (Å²) in [7, 11) is 1.14. The number of unbranched alkanes of at least 4 members (excludes halogenated alkanes) is 34. The molecule has 360 valence electrons. The molecule has 3 N–H and O–H groups in total. The minimum Gasteiger partial charge on any atom is -0.756 e. The van der Waals surface area contributed by atoms with Gasteiger partial charge in [0.2, 0.25) is 5.91 Å². The standard InChI is InChI=1S/C50H103N2O7P/c1-6-8-10-12-14-16-18-20-21-22-23-24-25-26-27-28-29-30-31-33-35-37-39-41-43-49(54)51-47(46-59-60(56,57)58-45-44-52(3,4)5)50(55)48(53)42-40-38-36-34-32-19-17-15-13-11-9-7-2/h47-48,50,53,55H,6-46H2,1-5H3,(H-,51,54,56,57). The summed E-state index contributed by atoms with van der Waals surface area (Å²) in [5.74, 6) is -0.273. The number of phosphoric acid groups is 1. The number of aliphatic hydroxyl groups excluding tert-OH is 2. The van der Waals surface area contributed by atoms with E-state index < -0.39 is 32.7 Å². The topological polar surface area (TPSA) is 128 Å². The Kier molecular flexibility index (Phi) is 42.0. The van der Waals surface area contributed by atoms with Crippen LogP contribution in [0.1, 0.15) is 258 Å². The van der Waals surface area contributed by atoms with E-state index in [9.17, 15) is 24.5 Å². The average molecular weight is 875 g/mol. The molecule has 0 aliphatic rings. The molecule has 0 spiro atoms. The number of phosphoric ester groups is 1. The lowest BCUT2D eigenvalue weighted by molar-refractivity contribution is -0.870. The molecule has 0 radical (unpaired) electrons. The molecule has 0 aliphatic heterocycles. The normalized spacial score (nSPS) is 14.6. The van der Waals surface area contributed by atoms with Crippen LogP contribution in [0.3, 0.4) is 0 Å². The van der Waals surface area contributed by atoms with Gasteiger partial charge in [0.1, 0.15) is 19.3 Å². The molecule has 9 nitrogen and oxygen atoms in total. The number of aliphatic hydroxyl groups is 2. The van der Waals surface area contributed by atoms with E-state index in [1.165, 1.54) is 193 Å². The maximum Gasteiger partial charge on any atom is 0.268 e. The Morgan fingerprint density at radius 2 is 0.850 bits per heavy atom. The second kappa shape index (κ2) is 42.4. The summed E-state index contributed by atoms with van der Waals surface area (Å²) in [6.45, 7) is 4.47. The highest BCUT2D eigenvalue weighted by molar-refractivity contribution is 7.45. The molecule has 0 aromatic rings. The molecule has 0 heterocycles. The highest BCUT2D eigenvalue weighted by Crippen LogP contribution is 2.38. The van der Waals surface area contributed by atoms with Gasteiger partial charge in [0.15, 0.2) is 0 Å². The van der Waals surface area contributed by atoms with Crippen molar-refractivity contribution >= 4 is 13.7 Å². The zero-order valence-electron chi connectivity index (χ0n) is 40.6. The summed E-state index contributed by atoms with van der Waals surface area (Å²) in [5, 5.41) is 24.7. The molecule has 0 aromatic carbocycles. The van der Waals surface area contributed by atoms with Crippen molar-refractivity contribution < 1.29 is 38.0 Å². The SMILES string of the molecule is CCCCCCCCCCCCCCCCCCCCCCCCCCC(=O)NC(COP(=O)([O-])OCC[N+](C)(C)C)C(O)C(O)CCCCCCCCCCCCCC. The first-order valence-corrected chi connectivity index (χ1v) is 27.4. The van der Waals surface area contributed by atoms with Crippen LogP contribution < -0.4 is 10.2 Å².